The van der Waals surface area contributed by atoms with Gasteiger partial charge >= 0.3 is 0 Å². The fourth-order valence-corrected chi connectivity index (χ4v) is 1.92. The summed E-state index contributed by atoms with van der Waals surface area (Å²) < 4.78 is 0. The van der Waals surface area contributed by atoms with Gasteiger partial charge in [0.05, 0.1) is 0 Å². The van der Waals surface area contributed by atoms with Gasteiger partial charge in [0.25, 0.3) is 0 Å². The van der Waals surface area contributed by atoms with Crippen molar-refractivity contribution in [3.63, 3.8) is 0 Å². The lowest BCUT2D eigenvalue weighted by molar-refractivity contribution is -0.111. The summed E-state index contributed by atoms with van der Waals surface area (Å²) in [6.45, 7) is 2.03. The Morgan fingerprint density at radius 2 is 2.21 bits per heavy atom. The van der Waals surface area contributed by atoms with E-state index in [1.165, 1.54) is 6.08 Å². The lowest BCUT2D eigenvalue weighted by Crippen LogP contribution is -2.07. The molecule has 0 radical (unpaired) electrons. The third-order valence-corrected chi connectivity index (χ3v) is 2.92. The maximum absolute atomic E-state index is 11.7. The molecule has 0 fully saturated rings. The van der Waals surface area contributed by atoms with E-state index in [1.54, 1.807) is 17.8 Å². The van der Waals surface area contributed by atoms with Crippen molar-refractivity contribution < 1.29 is 4.79 Å². The standard InChI is InChI=1S/C13H14N4OS/c1-2-19-13-15-11(16-17-13)8-9-12(18)14-10-6-4-3-5-7-10/h3-9H,2H2,1H3,(H,14,18)(H,15,16,17)/b9-8-. The van der Waals surface area contributed by atoms with Gasteiger partial charge in [-0.3, -0.25) is 9.89 Å². The number of hydrogen-bond acceptors (Lipinski definition) is 4. The quantitative estimate of drug-likeness (QED) is 0.649. The van der Waals surface area contributed by atoms with E-state index in [2.05, 4.69) is 20.5 Å². The number of H-pyrrole nitrogens is 1. The number of aromatic nitrogens is 3. The van der Waals surface area contributed by atoms with E-state index in [4.69, 9.17) is 0 Å². The van der Waals surface area contributed by atoms with Crippen LogP contribution in [0.4, 0.5) is 5.69 Å². The molecule has 0 saturated carbocycles. The van der Waals surface area contributed by atoms with Crippen LogP contribution in [0.3, 0.4) is 0 Å². The Bertz CT molecular complexity index is 565. The Hall–Kier alpha value is -2.08. The fraction of sp³-hybridized carbons (Fsp3) is 0.154. The van der Waals surface area contributed by atoms with Crippen LogP contribution >= 0.6 is 11.8 Å². The van der Waals surface area contributed by atoms with Gasteiger partial charge in [0.1, 0.15) is 5.82 Å². The molecular formula is C13H14N4OS. The van der Waals surface area contributed by atoms with Crippen molar-refractivity contribution in [2.75, 3.05) is 11.1 Å². The smallest absolute Gasteiger partial charge is 0.248 e. The summed E-state index contributed by atoms with van der Waals surface area (Å²) >= 11 is 1.55. The minimum Gasteiger partial charge on any atom is -0.323 e. The number of thioether (sulfide) groups is 1. The summed E-state index contributed by atoms with van der Waals surface area (Å²) in [4.78, 5) is 15.9. The van der Waals surface area contributed by atoms with Crippen molar-refractivity contribution in [1.82, 2.24) is 15.2 Å². The molecule has 2 N–H and O–H groups in total. The zero-order chi connectivity index (χ0) is 13.5. The van der Waals surface area contributed by atoms with Crippen LogP contribution in [0.1, 0.15) is 12.7 Å². The van der Waals surface area contributed by atoms with Crippen LogP contribution in [0.5, 0.6) is 0 Å². The molecule has 0 spiro atoms. The van der Waals surface area contributed by atoms with Crippen molar-refractivity contribution in [2.24, 2.45) is 0 Å². The van der Waals surface area contributed by atoms with Crippen molar-refractivity contribution in [3.05, 3.63) is 42.2 Å². The van der Waals surface area contributed by atoms with Gasteiger partial charge < -0.3 is 5.32 Å². The first kappa shape index (κ1) is 13.4. The molecule has 0 aliphatic rings. The van der Waals surface area contributed by atoms with Gasteiger partial charge in [-0.2, -0.15) is 0 Å². The largest absolute Gasteiger partial charge is 0.323 e. The molecule has 19 heavy (non-hydrogen) atoms. The summed E-state index contributed by atoms with van der Waals surface area (Å²) in [5.41, 5.74) is 0.761. The van der Waals surface area contributed by atoms with E-state index in [1.807, 2.05) is 37.3 Å². The number of benzene rings is 1. The molecule has 0 atom stereocenters. The second-order valence-electron chi connectivity index (χ2n) is 3.62. The molecule has 0 saturated heterocycles. The molecule has 1 aromatic heterocycles. The molecule has 0 bridgehead atoms. The molecule has 98 valence electrons. The Morgan fingerprint density at radius 1 is 1.42 bits per heavy atom. The number of carbonyl (C=O) groups is 1. The number of nitrogens with zero attached hydrogens (tertiary/aromatic N) is 2. The Balaban J connectivity index is 1.92. The van der Waals surface area contributed by atoms with E-state index in [9.17, 15) is 4.79 Å². The third-order valence-electron chi connectivity index (χ3n) is 2.19. The Morgan fingerprint density at radius 3 is 2.95 bits per heavy atom. The van der Waals surface area contributed by atoms with E-state index < -0.39 is 0 Å². The highest BCUT2D eigenvalue weighted by Gasteiger charge is 2.01. The first-order valence-corrected chi connectivity index (χ1v) is 6.86. The third kappa shape index (κ3) is 4.26. The number of para-hydroxylation sites is 1. The molecule has 0 aliphatic heterocycles. The number of aromatic amines is 1. The van der Waals surface area contributed by atoms with Crippen LogP contribution < -0.4 is 5.32 Å². The minimum atomic E-state index is -0.202. The maximum Gasteiger partial charge on any atom is 0.248 e. The molecule has 1 amide bonds. The van der Waals surface area contributed by atoms with Crippen molar-refractivity contribution in [1.29, 1.82) is 0 Å². The average molecular weight is 274 g/mol. The van der Waals surface area contributed by atoms with Crippen LogP contribution in [0.25, 0.3) is 6.08 Å². The molecule has 6 heteroatoms. The number of amides is 1. The summed E-state index contributed by atoms with van der Waals surface area (Å²) in [6, 6.07) is 9.29. The molecule has 5 nitrogen and oxygen atoms in total. The first-order valence-electron chi connectivity index (χ1n) is 5.87. The highest BCUT2D eigenvalue weighted by molar-refractivity contribution is 7.99. The normalized spacial score (nSPS) is 10.8. The van der Waals surface area contributed by atoms with Crippen molar-refractivity contribution >= 4 is 29.4 Å². The predicted molar refractivity (Wildman–Crippen MR) is 76.9 cm³/mol. The molecule has 0 aliphatic carbocycles. The average Bonchev–Trinajstić information content (AvgIpc) is 2.86. The number of nitrogens with one attached hydrogen (secondary N) is 2. The summed E-state index contributed by atoms with van der Waals surface area (Å²) in [6.07, 6.45) is 3.03. The Labute approximate surface area is 115 Å². The van der Waals surface area contributed by atoms with E-state index in [0.29, 0.717) is 11.0 Å². The SMILES string of the molecule is CCSc1n[nH]c(/C=C\C(=O)Nc2ccccc2)n1. The van der Waals surface area contributed by atoms with E-state index in [-0.39, 0.29) is 5.91 Å². The van der Waals surface area contributed by atoms with E-state index >= 15 is 0 Å². The fourth-order valence-electron chi connectivity index (χ4n) is 1.39. The van der Waals surface area contributed by atoms with Gasteiger partial charge in [-0.1, -0.05) is 36.9 Å². The molecule has 0 unspecified atom stereocenters. The first-order chi connectivity index (χ1) is 9.28. The summed E-state index contributed by atoms with van der Waals surface area (Å²) in [5, 5.41) is 10.2. The highest BCUT2D eigenvalue weighted by Crippen LogP contribution is 2.11. The second-order valence-corrected chi connectivity index (χ2v) is 4.86. The second kappa shape index (κ2) is 6.75. The summed E-state index contributed by atoms with van der Waals surface area (Å²) in [7, 11) is 0. The molecular weight excluding hydrogens is 260 g/mol. The molecule has 2 rings (SSSR count). The predicted octanol–water partition coefficient (Wildman–Crippen LogP) is 2.57. The van der Waals surface area contributed by atoms with Crippen LogP contribution in [-0.2, 0) is 4.79 Å². The van der Waals surface area contributed by atoms with Crippen LogP contribution in [0.2, 0.25) is 0 Å². The van der Waals surface area contributed by atoms with Gasteiger partial charge in [-0.25, -0.2) is 4.98 Å². The van der Waals surface area contributed by atoms with Gasteiger partial charge in [0.15, 0.2) is 0 Å². The zero-order valence-corrected chi connectivity index (χ0v) is 11.3. The lowest BCUT2D eigenvalue weighted by Gasteiger charge is -1.99. The minimum absolute atomic E-state index is 0.202. The van der Waals surface area contributed by atoms with Crippen molar-refractivity contribution in [3.8, 4) is 0 Å². The highest BCUT2D eigenvalue weighted by atomic mass is 32.2. The van der Waals surface area contributed by atoms with Crippen LogP contribution in [0.15, 0.2) is 41.6 Å². The monoisotopic (exact) mass is 274 g/mol. The zero-order valence-electron chi connectivity index (χ0n) is 10.5. The van der Waals surface area contributed by atoms with Gasteiger partial charge in [-0.15, -0.1) is 5.10 Å². The molecule has 2 aromatic rings. The number of hydrogen-bond donors (Lipinski definition) is 2. The van der Waals surface area contributed by atoms with Gasteiger partial charge in [0, 0.05) is 11.8 Å². The number of carbonyl (C=O) groups excluding carboxylic acids is 1. The van der Waals surface area contributed by atoms with Crippen LogP contribution in [-0.4, -0.2) is 26.8 Å². The molecule has 1 heterocycles. The maximum atomic E-state index is 11.7. The van der Waals surface area contributed by atoms with Gasteiger partial charge in [-0.05, 0) is 24.0 Å². The van der Waals surface area contributed by atoms with E-state index in [0.717, 1.165) is 11.4 Å². The number of rotatable bonds is 5. The topological polar surface area (TPSA) is 70.7 Å². The van der Waals surface area contributed by atoms with Gasteiger partial charge in [0.2, 0.25) is 11.1 Å². The summed E-state index contributed by atoms with van der Waals surface area (Å²) in [5.74, 6) is 1.28. The van der Waals surface area contributed by atoms with Crippen LogP contribution in [0, 0.1) is 0 Å². The lowest BCUT2D eigenvalue weighted by atomic mass is 10.3. The number of anilines is 1. The van der Waals surface area contributed by atoms with Crippen molar-refractivity contribution in [2.45, 2.75) is 12.1 Å². The Kier molecular flexibility index (Phi) is 4.74. The molecule has 1 aromatic carbocycles.